The summed E-state index contributed by atoms with van der Waals surface area (Å²) in [5.74, 6) is 1.19. The van der Waals surface area contributed by atoms with Gasteiger partial charge in [0.15, 0.2) is 0 Å². The Morgan fingerprint density at radius 2 is 2.17 bits per heavy atom. The zero-order valence-corrected chi connectivity index (χ0v) is 14.1. The maximum atomic E-state index is 12.7. The second-order valence-electron chi connectivity index (χ2n) is 6.48. The highest BCUT2D eigenvalue weighted by molar-refractivity contribution is 7.99. The SMILES string of the molecule is CC(C)(C)NC(=O)[C@@H]1CSCN1C(=O)c1cn2cccnc2n1. The van der Waals surface area contributed by atoms with Crippen LogP contribution in [0.3, 0.4) is 0 Å². The molecular formula is C15H19N5O2S. The zero-order chi connectivity index (χ0) is 16.6. The third-order valence-electron chi connectivity index (χ3n) is 3.40. The van der Waals surface area contributed by atoms with Gasteiger partial charge in [-0.1, -0.05) is 0 Å². The molecule has 122 valence electrons. The van der Waals surface area contributed by atoms with Crippen LogP contribution in [-0.2, 0) is 4.79 Å². The maximum Gasteiger partial charge on any atom is 0.275 e. The Hall–Kier alpha value is -2.09. The van der Waals surface area contributed by atoms with Gasteiger partial charge in [-0.2, -0.15) is 0 Å². The Balaban J connectivity index is 1.81. The maximum absolute atomic E-state index is 12.7. The van der Waals surface area contributed by atoms with Crippen LogP contribution in [0.4, 0.5) is 0 Å². The number of imidazole rings is 1. The number of rotatable bonds is 2. The third kappa shape index (κ3) is 3.31. The zero-order valence-electron chi connectivity index (χ0n) is 13.3. The topological polar surface area (TPSA) is 79.6 Å². The van der Waals surface area contributed by atoms with E-state index in [0.717, 1.165) is 0 Å². The molecule has 0 unspecified atom stereocenters. The molecular weight excluding hydrogens is 314 g/mol. The molecule has 1 saturated heterocycles. The minimum absolute atomic E-state index is 0.127. The molecule has 0 aromatic carbocycles. The van der Waals surface area contributed by atoms with E-state index in [4.69, 9.17) is 0 Å². The molecule has 2 amide bonds. The van der Waals surface area contributed by atoms with Crippen molar-refractivity contribution in [3.05, 3.63) is 30.4 Å². The molecule has 1 fully saturated rings. The number of carbonyl (C=O) groups excluding carboxylic acids is 2. The lowest BCUT2D eigenvalue weighted by Crippen LogP contribution is -2.52. The first-order valence-electron chi connectivity index (χ1n) is 7.35. The third-order valence-corrected chi connectivity index (χ3v) is 4.41. The molecule has 2 aromatic heterocycles. The lowest BCUT2D eigenvalue weighted by atomic mass is 10.1. The van der Waals surface area contributed by atoms with Crippen molar-refractivity contribution in [2.24, 2.45) is 0 Å². The summed E-state index contributed by atoms with van der Waals surface area (Å²) in [5.41, 5.74) is -0.0220. The number of hydrogen-bond donors (Lipinski definition) is 1. The molecule has 1 N–H and O–H groups in total. The van der Waals surface area contributed by atoms with Gasteiger partial charge in [0.25, 0.3) is 5.91 Å². The molecule has 8 heteroatoms. The molecule has 1 atom stereocenters. The Kier molecular flexibility index (Phi) is 4.01. The van der Waals surface area contributed by atoms with Gasteiger partial charge >= 0.3 is 0 Å². The highest BCUT2D eigenvalue weighted by Gasteiger charge is 2.37. The van der Waals surface area contributed by atoms with E-state index in [1.165, 1.54) is 0 Å². The van der Waals surface area contributed by atoms with E-state index in [9.17, 15) is 9.59 Å². The Bertz CT molecular complexity index is 719. The summed E-state index contributed by atoms with van der Waals surface area (Å²) in [6, 6.07) is 1.30. The fourth-order valence-electron chi connectivity index (χ4n) is 2.39. The van der Waals surface area contributed by atoms with Gasteiger partial charge in [-0.15, -0.1) is 11.8 Å². The van der Waals surface area contributed by atoms with Crippen molar-refractivity contribution >= 4 is 29.4 Å². The van der Waals surface area contributed by atoms with Gasteiger partial charge in [-0.05, 0) is 26.8 Å². The predicted molar refractivity (Wildman–Crippen MR) is 88.2 cm³/mol. The van der Waals surface area contributed by atoms with Gasteiger partial charge in [0.05, 0.1) is 5.88 Å². The summed E-state index contributed by atoms with van der Waals surface area (Å²) >= 11 is 1.57. The molecule has 7 nitrogen and oxygen atoms in total. The van der Waals surface area contributed by atoms with E-state index < -0.39 is 6.04 Å². The van der Waals surface area contributed by atoms with Crippen LogP contribution in [0.5, 0.6) is 0 Å². The van der Waals surface area contributed by atoms with E-state index in [1.807, 2.05) is 20.8 Å². The van der Waals surface area contributed by atoms with Crippen LogP contribution in [-0.4, -0.2) is 54.3 Å². The molecule has 0 spiro atoms. The molecule has 23 heavy (non-hydrogen) atoms. The second-order valence-corrected chi connectivity index (χ2v) is 7.48. The number of fused-ring (bicyclic) bond motifs is 1. The average Bonchev–Trinajstić information content (AvgIpc) is 3.11. The number of nitrogens with zero attached hydrogens (tertiary/aromatic N) is 4. The van der Waals surface area contributed by atoms with E-state index in [0.29, 0.717) is 23.1 Å². The molecule has 1 aliphatic heterocycles. The average molecular weight is 333 g/mol. The quantitative estimate of drug-likeness (QED) is 0.892. The monoisotopic (exact) mass is 333 g/mol. The van der Waals surface area contributed by atoms with Crippen molar-refractivity contribution in [2.45, 2.75) is 32.4 Å². The molecule has 3 rings (SSSR count). The van der Waals surface area contributed by atoms with Gasteiger partial charge in [0.2, 0.25) is 11.7 Å². The normalized spacial score (nSPS) is 18.4. The van der Waals surface area contributed by atoms with Gasteiger partial charge < -0.3 is 10.2 Å². The van der Waals surface area contributed by atoms with Crippen molar-refractivity contribution in [3.8, 4) is 0 Å². The van der Waals surface area contributed by atoms with Crippen LogP contribution in [0, 0.1) is 0 Å². The Morgan fingerprint density at radius 3 is 2.87 bits per heavy atom. The van der Waals surface area contributed by atoms with Crippen LogP contribution >= 0.6 is 11.8 Å². The van der Waals surface area contributed by atoms with Gasteiger partial charge in [0, 0.05) is 29.9 Å². The van der Waals surface area contributed by atoms with E-state index in [1.54, 1.807) is 45.7 Å². The first kappa shape index (κ1) is 15.8. The van der Waals surface area contributed by atoms with Gasteiger partial charge in [-0.25, -0.2) is 9.97 Å². The van der Waals surface area contributed by atoms with Crippen LogP contribution in [0.1, 0.15) is 31.3 Å². The highest BCUT2D eigenvalue weighted by atomic mass is 32.2. The van der Waals surface area contributed by atoms with Crippen molar-refractivity contribution in [3.63, 3.8) is 0 Å². The van der Waals surface area contributed by atoms with E-state index >= 15 is 0 Å². The molecule has 3 heterocycles. The highest BCUT2D eigenvalue weighted by Crippen LogP contribution is 2.23. The largest absolute Gasteiger partial charge is 0.350 e. The standard InChI is InChI=1S/C15H19N5O2S/c1-15(2,3)18-12(21)11-8-23-9-20(11)13(22)10-7-19-6-4-5-16-14(19)17-10/h4-7,11H,8-9H2,1-3H3,(H,18,21)/t11-/m0/s1. The number of nitrogens with one attached hydrogen (secondary N) is 1. The summed E-state index contributed by atoms with van der Waals surface area (Å²) in [5, 5.41) is 2.94. The smallest absolute Gasteiger partial charge is 0.275 e. The van der Waals surface area contributed by atoms with E-state index in [-0.39, 0.29) is 17.4 Å². The number of hydrogen-bond acceptors (Lipinski definition) is 5. The second kappa shape index (κ2) is 5.84. The number of amides is 2. The lowest BCUT2D eigenvalue weighted by molar-refractivity contribution is -0.125. The summed E-state index contributed by atoms with van der Waals surface area (Å²) in [6.07, 6.45) is 5.06. The van der Waals surface area contributed by atoms with Crippen LogP contribution in [0.15, 0.2) is 24.7 Å². The van der Waals surface area contributed by atoms with Crippen molar-refractivity contribution < 1.29 is 9.59 Å². The first-order chi connectivity index (χ1) is 10.8. The number of thioether (sulfide) groups is 1. The Labute approximate surface area is 138 Å². The molecule has 0 radical (unpaired) electrons. The molecule has 0 bridgehead atoms. The van der Waals surface area contributed by atoms with E-state index in [2.05, 4.69) is 15.3 Å². The molecule has 2 aromatic rings. The summed E-state index contributed by atoms with van der Waals surface area (Å²) in [4.78, 5) is 35.1. The van der Waals surface area contributed by atoms with Crippen LogP contribution in [0.2, 0.25) is 0 Å². The van der Waals surface area contributed by atoms with Crippen LogP contribution < -0.4 is 5.32 Å². The fraction of sp³-hybridized carbons (Fsp3) is 0.467. The molecule has 0 aliphatic carbocycles. The Morgan fingerprint density at radius 1 is 1.39 bits per heavy atom. The van der Waals surface area contributed by atoms with Gasteiger partial charge in [0.1, 0.15) is 11.7 Å². The minimum Gasteiger partial charge on any atom is -0.350 e. The summed E-state index contributed by atoms with van der Waals surface area (Å²) in [7, 11) is 0. The molecule has 1 aliphatic rings. The minimum atomic E-state index is -0.468. The molecule has 0 saturated carbocycles. The lowest BCUT2D eigenvalue weighted by Gasteiger charge is -2.27. The predicted octanol–water partition coefficient (Wildman–Crippen LogP) is 1.16. The van der Waals surface area contributed by atoms with Crippen molar-refractivity contribution in [2.75, 3.05) is 11.6 Å². The number of aromatic nitrogens is 3. The van der Waals surface area contributed by atoms with Crippen molar-refractivity contribution in [1.29, 1.82) is 0 Å². The summed E-state index contributed by atoms with van der Waals surface area (Å²) in [6.45, 7) is 5.77. The number of carbonyl (C=O) groups is 2. The summed E-state index contributed by atoms with van der Waals surface area (Å²) < 4.78 is 1.70. The van der Waals surface area contributed by atoms with Crippen molar-refractivity contribution in [1.82, 2.24) is 24.6 Å². The van der Waals surface area contributed by atoms with Gasteiger partial charge in [-0.3, -0.25) is 14.0 Å². The fourth-order valence-corrected chi connectivity index (χ4v) is 3.55. The van der Waals surface area contributed by atoms with Crippen LogP contribution in [0.25, 0.3) is 5.78 Å². The first-order valence-corrected chi connectivity index (χ1v) is 8.51.